The van der Waals surface area contributed by atoms with E-state index in [1.807, 2.05) is 6.07 Å². The van der Waals surface area contributed by atoms with E-state index in [2.05, 4.69) is 49.2 Å². The van der Waals surface area contributed by atoms with E-state index in [9.17, 15) is 5.11 Å². The molecule has 168 valence electrons. The quantitative estimate of drug-likeness (QED) is 0.594. The summed E-state index contributed by atoms with van der Waals surface area (Å²) < 4.78 is 10.3. The number of aromatic nitrogens is 5. The van der Waals surface area contributed by atoms with Crippen LogP contribution in [0.4, 0.5) is 5.95 Å². The number of ether oxygens (including phenoxy) is 2. The van der Waals surface area contributed by atoms with Crippen LogP contribution in [0.15, 0.2) is 30.5 Å². The fourth-order valence-corrected chi connectivity index (χ4v) is 3.60. The Balaban J connectivity index is 1.56. The first-order chi connectivity index (χ1) is 15.5. The maximum atomic E-state index is 10.7. The number of piperazine rings is 1. The molecule has 1 aliphatic heterocycles. The number of hydrogen-bond donors (Lipinski definition) is 2. The molecule has 0 radical (unpaired) electrons. The first kappa shape index (κ1) is 21.7. The van der Waals surface area contributed by atoms with E-state index in [1.54, 1.807) is 24.4 Å². The average molecular weight is 438 g/mol. The van der Waals surface area contributed by atoms with Crippen LogP contribution >= 0.6 is 0 Å². The second-order valence-electron chi connectivity index (χ2n) is 7.91. The van der Waals surface area contributed by atoms with Crippen molar-refractivity contribution in [3.05, 3.63) is 30.5 Å². The van der Waals surface area contributed by atoms with Gasteiger partial charge >= 0.3 is 6.01 Å². The van der Waals surface area contributed by atoms with Crippen molar-refractivity contribution in [3.63, 3.8) is 0 Å². The molecule has 0 bridgehead atoms. The third-order valence-corrected chi connectivity index (χ3v) is 5.49. The average Bonchev–Trinajstić information content (AvgIpc) is 2.83. The van der Waals surface area contributed by atoms with Gasteiger partial charge in [-0.2, -0.15) is 9.97 Å². The monoisotopic (exact) mass is 437 g/mol. The van der Waals surface area contributed by atoms with Gasteiger partial charge in [-0.3, -0.25) is 0 Å². The Hall–Kier alpha value is -3.53. The highest BCUT2D eigenvalue weighted by atomic mass is 16.5. The fraction of sp³-hybridized carbons (Fsp3) is 0.409. The molecular formula is C22H27N7O3. The minimum absolute atomic E-state index is 0.0462. The molecule has 0 spiro atoms. The second kappa shape index (κ2) is 9.31. The van der Waals surface area contributed by atoms with Gasteiger partial charge in [-0.15, -0.1) is 10.2 Å². The highest BCUT2D eigenvalue weighted by Crippen LogP contribution is 2.33. The maximum Gasteiger partial charge on any atom is 0.320 e. The molecule has 32 heavy (non-hydrogen) atoms. The van der Waals surface area contributed by atoms with Crippen LogP contribution in [0.25, 0.3) is 22.5 Å². The van der Waals surface area contributed by atoms with Gasteiger partial charge < -0.3 is 24.8 Å². The lowest BCUT2D eigenvalue weighted by Gasteiger charge is -2.35. The summed E-state index contributed by atoms with van der Waals surface area (Å²) in [5.74, 6) is 1.53. The van der Waals surface area contributed by atoms with E-state index >= 15 is 0 Å². The molecule has 1 aromatic carbocycles. The number of anilines is 1. The molecule has 3 aromatic rings. The number of hydrogen-bond acceptors (Lipinski definition) is 10. The number of nitrogens with one attached hydrogen (secondary N) is 1. The van der Waals surface area contributed by atoms with Gasteiger partial charge in [0.1, 0.15) is 11.4 Å². The zero-order valence-electron chi connectivity index (χ0n) is 18.6. The van der Waals surface area contributed by atoms with E-state index in [1.165, 1.54) is 14.2 Å². The van der Waals surface area contributed by atoms with Gasteiger partial charge in [0.05, 0.1) is 26.1 Å². The lowest BCUT2D eigenvalue weighted by molar-refractivity contribution is 0.352. The van der Waals surface area contributed by atoms with E-state index in [-0.39, 0.29) is 11.8 Å². The zero-order valence-corrected chi connectivity index (χ0v) is 18.6. The normalized spacial score (nSPS) is 16.3. The van der Waals surface area contributed by atoms with Gasteiger partial charge in [-0.1, -0.05) is 19.9 Å². The summed E-state index contributed by atoms with van der Waals surface area (Å²) in [5.41, 5.74) is 2.27. The number of phenolic OH excluding ortho intramolecular Hbond substituents is 1. The lowest BCUT2D eigenvalue weighted by atomic mass is 10.0. The zero-order chi connectivity index (χ0) is 22.7. The topological polar surface area (TPSA) is 118 Å². The molecule has 1 fully saturated rings. The standard InChI is InChI=1S/C22H27N7O3/c1-13(2)18-12-29(8-7-23-18)21-24-11-17(27-28-21)15-6-5-14(9-19(15)30)16-10-20(31-3)26-22(25-16)32-4/h5-6,9-11,13,18,23,30H,7-8,12H2,1-4H3. The van der Waals surface area contributed by atoms with Crippen LogP contribution in [0.3, 0.4) is 0 Å². The molecule has 0 aliphatic carbocycles. The highest BCUT2D eigenvalue weighted by molar-refractivity contribution is 5.73. The smallest absolute Gasteiger partial charge is 0.320 e. The molecule has 2 aromatic heterocycles. The van der Waals surface area contributed by atoms with Crippen LogP contribution in [0, 0.1) is 5.92 Å². The molecule has 0 saturated carbocycles. The van der Waals surface area contributed by atoms with Gasteiger partial charge in [-0.05, 0) is 18.1 Å². The van der Waals surface area contributed by atoms with Crippen molar-refractivity contribution < 1.29 is 14.6 Å². The van der Waals surface area contributed by atoms with Gasteiger partial charge in [0, 0.05) is 42.9 Å². The van der Waals surface area contributed by atoms with E-state index in [0.29, 0.717) is 46.3 Å². The van der Waals surface area contributed by atoms with E-state index < -0.39 is 0 Å². The van der Waals surface area contributed by atoms with E-state index in [4.69, 9.17) is 9.47 Å². The Morgan fingerprint density at radius 1 is 1.09 bits per heavy atom. The lowest BCUT2D eigenvalue weighted by Crippen LogP contribution is -2.53. The van der Waals surface area contributed by atoms with Crippen LogP contribution in [0.1, 0.15) is 13.8 Å². The third kappa shape index (κ3) is 4.54. The Morgan fingerprint density at radius 2 is 1.94 bits per heavy atom. The van der Waals surface area contributed by atoms with Crippen LogP contribution in [-0.4, -0.2) is 70.2 Å². The van der Waals surface area contributed by atoms with Crippen LogP contribution < -0.4 is 19.7 Å². The number of nitrogens with zero attached hydrogens (tertiary/aromatic N) is 6. The van der Waals surface area contributed by atoms with Crippen molar-refractivity contribution in [2.45, 2.75) is 19.9 Å². The molecule has 10 heteroatoms. The molecule has 2 N–H and O–H groups in total. The number of methoxy groups -OCH3 is 2. The van der Waals surface area contributed by atoms with E-state index in [0.717, 1.165) is 19.6 Å². The predicted molar refractivity (Wildman–Crippen MR) is 120 cm³/mol. The van der Waals surface area contributed by atoms with Crippen molar-refractivity contribution in [1.82, 2.24) is 30.5 Å². The molecule has 1 unspecified atom stereocenters. The number of benzene rings is 1. The molecular weight excluding hydrogens is 410 g/mol. The largest absolute Gasteiger partial charge is 0.507 e. The summed E-state index contributed by atoms with van der Waals surface area (Å²) in [6.45, 7) is 6.95. The molecule has 10 nitrogen and oxygen atoms in total. The highest BCUT2D eigenvalue weighted by Gasteiger charge is 2.24. The number of aromatic hydroxyl groups is 1. The summed E-state index contributed by atoms with van der Waals surface area (Å²) in [4.78, 5) is 15.0. The maximum absolute atomic E-state index is 10.7. The van der Waals surface area contributed by atoms with Crippen LogP contribution in [-0.2, 0) is 0 Å². The van der Waals surface area contributed by atoms with Gasteiger partial charge in [0.15, 0.2) is 0 Å². The molecule has 3 heterocycles. The summed E-state index contributed by atoms with van der Waals surface area (Å²) in [7, 11) is 3.00. The Bertz CT molecular complexity index is 1050. The van der Waals surface area contributed by atoms with Gasteiger partial charge in [0.2, 0.25) is 11.8 Å². The molecule has 1 saturated heterocycles. The fourth-order valence-electron chi connectivity index (χ4n) is 3.60. The first-order valence-electron chi connectivity index (χ1n) is 10.5. The summed E-state index contributed by atoms with van der Waals surface area (Å²) in [6, 6.07) is 7.44. The Labute approximate surface area is 186 Å². The van der Waals surface area contributed by atoms with Crippen molar-refractivity contribution in [2.24, 2.45) is 5.92 Å². The second-order valence-corrected chi connectivity index (χ2v) is 7.91. The minimum Gasteiger partial charge on any atom is -0.507 e. The van der Waals surface area contributed by atoms with Crippen molar-refractivity contribution in [2.75, 3.05) is 38.8 Å². The summed E-state index contributed by atoms with van der Waals surface area (Å²) in [5, 5.41) is 22.8. The van der Waals surface area contributed by atoms with Crippen LogP contribution in [0.2, 0.25) is 0 Å². The molecule has 0 amide bonds. The van der Waals surface area contributed by atoms with Crippen molar-refractivity contribution >= 4 is 5.95 Å². The third-order valence-electron chi connectivity index (χ3n) is 5.49. The summed E-state index contributed by atoms with van der Waals surface area (Å²) >= 11 is 0. The van der Waals surface area contributed by atoms with Gasteiger partial charge in [0.25, 0.3) is 0 Å². The number of phenols is 1. The van der Waals surface area contributed by atoms with Crippen LogP contribution in [0.5, 0.6) is 17.6 Å². The minimum atomic E-state index is 0.0462. The Kier molecular flexibility index (Phi) is 6.31. The molecule has 1 aliphatic rings. The summed E-state index contributed by atoms with van der Waals surface area (Å²) in [6.07, 6.45) is 1.64. The number of rotatable bonds is 6. The van der Waals surface area contributed by atoms with Gasteiger partial charge in [-0.25, -0.2) is 4.98 Å². The Morgan fingerprint density at radius 3 is 2.59 bits per heavy atom. The predicted octanol–water partition coefficient (Wildman–Crippen LogP) is 2.15. The molecule has 4 rings (SSSR count). The van der Waals surface area contributed by atoms with Crippen molar-refractivity contribution in [1.29, 1.82) is 0 Å². The van der Waals surface area contributed by atoms with Crippen molar-refractivity contribution in [3.8, 4) is 40.2 Å². The SMILES string of the molecule is COc1cc(-c2ccc(-c3cnc(N4CCNC(C(C)C)C4)nn3)c(O)c2)nc(OC)n1. The first-order valence-corrected chi connectivity index (χ1v) is 10.5. The molecule has 1 atom stereocenters.